The molecule has 1 fully saturated rings. The molecule has 1 aromatic carbocycles. The molecule has 2 N–H and O–H groups in total. The molecule has 0 amide bonds. The van der Waals surface area contributed by atoms with Gasteiger partial charge in [-0.3, -0.25) is 0 Å². The number of ether oxygens (including phenoxy) is 2. The van der Waals surface area contributed by atoms with Gasteiger partial charge < -0.3 is 14.8 Å². The Balaban J connectivity index is 0.00000264. The molecule has 9 heteroatoms. The van der Waals surface area contributed by atoms with Crippen molar-refractivity contribution in [1.82, 2.24) is 10.0 Å². The van der Waals surface area contributed by atoms with Crippen molar-refractivity contribution in [3.8, 4) is 11.5 Å². The molecule has 6 nitrogen and oxygen atoms in total. The minimum Gasteiger partial charge on any atom is -0.493 e. The second-order valence-electron chi connectivity index (χ2n) is 5.12. The minimum absolute atomic E-state index is 0. The van der Waals surface area contributed by atoms with Crippen LogP contribution in [0, 0.1) is 5.82 Å². The topological polar surface area (TPSA) is 76.7 Å². The Kier molecular flexibility index (Phi) is 7.53. The molecule has 1 heterocycles. The standard InChI is InChI=1S/C14H21FN2O4S.ClH/c1-20-12-8-11(15)14(9-13(12)21-2)22(18,19)17-7-5-10-4-3-6-16-10;/h8-10,16-17H,3-7H2,1-2H3;1H/t10-;/m1./s1. The van der Waals surface area contributed by atoms with Crippen molar-refractivity contribution in [2.75, 3.05) is 27.3 Å². The van der Waals surface area contributed by atoms with Gasteiger partial charge in [0.2, 0.25) is 10.0 Å². The number of halogens is 2. The van der Waals surface area contributed by atoms with Crippen LogP contribution in [0.25, 0.3) is 0 Å². The molecule has 0 aliphatic carbocycles. The third-order valence-electron chi connectivity index (χ3n) is 3.67. The first-order valence-corrected chi connectivity index (χ1v) is 8.61. The third kappa shape index (κ3) is 4.94. The van der Waals surface area contributed by atoms with Gasteiger partial charge in [-0.25, -0.2) is 17.5 Å². The first-order valence-electron chi connectivity index (χ1n) is 7.12. The monoisotopic (exact) mass is 368 g/mol. The molecule has 0 aromatic heterocycles. The summed E-state index contributed by atoms with van der Waals surface area (Å²) in [5, 5.41) is 3.28. The summed E-state index contributed by atoms with van der Waals surface area (Å²) in [5.41, 5.74) is 0. The molecule has 2 rings (SSSR count). The molecule has 0 bridgehead atoms. The van der Waals surface area contributed by atoms with Crippen LogP contribution < -0.4 is 19.5 Å². The molecular formula is C14H22ClFN2O4S. The smallest absolute Gasteiger partial charge is 0.243 e. The highest BCUT2D eigenvalue weighted by molar-refractivity contribution is 7.89. The predicted molar refractivity (Wildman–Crippen MR) is 87.6 cm³/mol. The highest BCUT2D eigenvalue weighted by Gasteiger charge is 2.23. The van der Waals surface area contributed by atoms with Gasteiger partial charge in [0.15, 0.2) is 11.5 Å². The molecule has 132 valence electrons. The Bertz CT molecular complexity index is 621. The van der Waals surface area contributed by atoms with Crippen LogP contribution >= 0.6 is 12.4 Å². The molecule has 23 heavy (non-hydrogen) atoms. The second-order valence-corrected chi connectivity index (χ2v) is 6.85. The summed E-state index contributed by atoms with van der Waals surface area (Å²) in [6.07, 6.45) is 2.81. The lowest BCUT2D eigenvalue weighted by Gasteiger charge is -2.13. The van der Waals surface area contributed by atoms with Crippen molar-refractivity contribution >= 4 is 22.4 Å². The molecule has 1 atom stereocenters. The Morgan fingerprint density at radius 2 is 1.96 bits per heavy atom. The van der Waals surface area contributed by atoms with E-state index in [-0.39, 0.29) is 30.5 Å². The fourth-order valence-corrected chi connectivity index (χ4v) is 3.61. The van der Waals surface area contributed by atoms with Gasteiger partial charge in [-0.15, -0.1) is 12.4 Å². The van der Waals surface area contributed by atoms with Crippen LogP contribution in [0.15, 0.2) is 17.0 Å². The number of methoxy groups -OCH3 is 2. The van der Waals surface area contributed by atoms with E-state index in [1.54, 1.807) is 0 Å². The van der Waals surface area contributed by atoms with E-state index in [0.717, 1.165) is 31.5 Å². The molecule has 0 saturated carbocycles. The van der Waals surface area contributed by atoms with E-state index in [9.17, 15) is 12.8 Å². The highest BCUT2D eigenvalue weighted by atomic mass is 35.5. The lowest BCUT2D eigenvalue weighted by atomic mass is 10.2. The third-order valence-corrected chi connectivity index (χ3v) is 5.15. The summed E-state index contributed by atoms with van der Waals surface area (Å²) in [5.74, 6) is -0.556. The first-order chi connectivity index (χ1) is 10.5. The van der Waals surface area contributed by atoms with Gasteiger partial charge in [-0.1, -0.05) is 0 Å². The Morgan fingerprint density at radius 1 is 1.30 bits per heavy atom. The Morgan fingerprint density at radius 3 is 2.52 bits per heavy atom. The highest BCUT2D eigenvalue weighted by Crippen LogP contribution is 2.31. The van der Waals surface area contributed by atoms with Gasteiger partial charge in [0.25, 0.3) is 0 Å². The van der Waals surface area contributed by atoms with Crippen molar-refractivity contribution in [3.63, 3.8) is 0 Å². The lowest BCUT2D eigenvalue weighted by molar-refractivity contribution is 0.350. The van der Waals surface area contributed by atoms with Crippen LogP contribution in [0.2, 0.25) is 0 Å². The lowest BCUT2D eigenvalue weighted by Crippen LogP contribution is -2.31. The normalized spacial score (nSPS) is 17.6. The number of rotatable bonds is 7. The molecular weight excluding hydrogens is 347 g/mol. The fourth-order valence-electron chi connectivity index (χ4n) is 2.49. The first kappa shape index (κ1) is 20.0. The van der Waals surface area contributed by atoms with Crippen LogP contribution in [-0.2, 0) is 10.0 Å². The summed E-state index contributed by atoms with van der Waals surface area (Å²) in [6, 6.07) is 2.45. The van der Waals surface area contributed by atoms with Gasteiger partial charge in [0.1, 0.15) is 10.7 Å². The van der Waals surface area contributed by atoms with Crippen LogP contribution in [0.1, 0.15) is 19.3 Å². The summed E-state index contributed by atoms with van der Waals surface area (Å²) in [6.45, 7) is 1.22. The maximum absolute atomic E-state index is 14.0. The molecule has 1 saturated heterocycles. The number of sulfonamides is 1. The summed E-state index contributed by atoms with van der Waals surface area (Å²) in [4.78, 5) is -0.440. The molecule has 1 aliphatic heterocycles. The average molecular weight is 369 g/mol. The van der Waals surface area contributed by atoms with E-state index in [2.05, 4.69) is 10.0 Å². The average Bonchev–Trinajstić information content (AvgIpc) is 2.99. The zero-order chi connectivity index (χ0) is 16.2. The fraction of sp³-hybridized carbons (Fsp3) is 0.571. The molecule has 1 aliphatic rings. The van der Waals surface area contributed by atoms with Gasteiger partial charge in [-0.05, 0) is 25.8 Å². The van der Waals surface area contributed by atoms with E-state index in [0.29, 0.717) is 12.5 Å². The molecule has 0 unspecified atom stereocenters. The maximum atomic E-state index is 14.0. The zero-order valence-electron chi connectivity index (χ0n) is 13.1. The summed E-state index contributed by atoms with van der Waals surface area (Å²) in [7, 11) is -1.20. The summed E-state index contributed by atoms with van der Waals surface area (Å²) >= 11 is 0. The van der Waals surface area contributed by atoms with Gasteiger partial charge >= 0.3 is 0 Å². The van der Waals surface area contributed by atoms with Crippen LogP contribution in [-0.4, -0.2) is 41.8 Å². The van der Waals surface area contributed by atoms with Crippen molar-refractivity contribution in [1.29, 1.82) is 0 Å². The molecule has 1 aromatic rings. The predicted octanol–water partition coefficient (Wildman–Crippen LogP) is 1.69. The van der Waals surface area contributed by atoms with E-state index < -0.39 is 20.7 Å². The van der Waals surface area contributed by atoms with Gasteiger partial charge in [-0.2, -0.15) is 0 Å². The van der Waals surface area contributed by atoms with E-state index >= 15 is 0 Å². The molecule has 0 radical (unpaired) electrons. The number of hydrogen-bond acceptors (Lipinski definition) is 5. The van der Waals surface area contributed by atoms with E-state index in [1.165, 1.54) is 14.2 Å². The minimum atomic E-state index is -3.93. The van der Waals surface area contributed by atoms with Crippen molar-refractivity contribution in [2.45, 2.75) is 30.2 Å². The van der Waals surface area contributed by atoms with E-state index in [1.807, 2.05) is 0 Å². The quantitative estimate of drug-likeness (QED) is 0.765. The van der Waals surface area contributed by atoms with Gasteiger partial charge in [0, 0.05) is 24.7 Å². The number of hydrogen-bond donors (Lipinski definition) is 2. The van der Waals surface area contributed by atoms with Crippen LogP contribution in [0.5, 0.6) is 11.5 Å². The maximum Gasteiger partial charge on any atom is 0.243 e. The van der Waals surface area contributed by atoms with Crippen LogP contribution in [0.4, 0.5) is 4.39 Å². The Hall–Kier alpha value is -1.09. The van der Waals surface area contributed by atoms with Gasteiger partial charge in [0.05, 0.1) is 14.2 Å². The van der Waals surface area contributed by atoms with Crippen molar-refractivity contribution in [2.24, 2.45) is 0 Å². The van der Waals surface area contributed by atoms with Crippen molar-refractivity contribution in [3.05, 3.63) is 17.9 Å². The summed E-state index contributed by atoms with van der Waals surface area (Å²) < 4.78 is 50.9. The number of nitrogens with one attached hydrogen (secondary N) is 2. The second kappa shape index (κ2) is 8.68. The molecule has 0 spiro atoms. The number of benzene rings is 1. The zero-order valence-corrected chi connectivity index (χ0v) is 14.7. The van der Waals surface area contributed by atoms with Crippen LogP contribution in [0.3, 0.4) is 0 Å². The van der Waals surface area contributed by atoms with E-state index in [4.69, 9.17) is 9.47 Å². The Labute approximate surface area is 142 Å². The van der Waals surface area contributed by atoms with Crippen molar-refractivity contribution < 1.29 is 22.3 Å². The SMILES string of the molecule is COc1cc(F)c(S(=O)(=O)NCC[C@H]2CCCN2)cc1OC.Cl. The largest absolute Gasteiger partial charge is 0.493 e.